The van der Waals surface area contributed by atoms with Crippen LogP contribution in [0.4, 0.5) is 0 Å². The summed E-state index contributed by atoms with van der Waals surface area (Å²) >= 11 is 0. The number of rotatable bonds is 6. The van der Waals surface area contributed by atoms with Crippen LogP contribution in [0.2, 0.25) is 0 Å². The van der Waals surface area contributed by atoms with Crippen LogP contribution in [0.3, 0.4) is 0 Å². The Morgan fingerprint density at radius 3 is 3.10 bits per heavy atom. The summed E-state index contributed by atoms with van der Waals surface area (Å²) in [5, 5.41) is 3.08. The molecule has 1 amide bonds. The van der Waals surface area contributed by atoms with E-state index < -0.39 is 0 Å². The lowest BCUT2D eigenvalue weighted by molar-refractivity contribution is -0.121. The van der Waals surface area contributed by atoms with Crippen molar-refractivity contribution < 1.29 is 4.79 Å². The van der Waals surface area contributed by atoms with Gasteiger partial charge in [-0.1, -0.05) is 0 Å². The van der Waals surface area contributed by atoms with E-state index in [9.17, 15) is 4.79 Å². The molecule has 0 radical (unpaired) electrons. The molecule has 1 atom stereocenters. The first-order chi connectivity index (χ1) is 9.79. The van der Waals surface area contributed by atoms with Crippen molar-refractivity contribution in [3.63, 3.8) is 0 Å². The van der Waals surface area contributed by atoms with Crippen LogP contribution < -0.4 is 5.32 Å². The van der Waals surface area contributed by atoms with Crippen LogP contribution in [-0.2, 0) is 11.3 Å². The Morgan fingerprint density at radius 2 is 2.35 bits per heavy atom. The maximum absolute atomic E-state index is 11.7. The average Bonchev–Trinajstić information content (AvgIpc) is 3.11. The monoisotopic (exact) mass is 276 g/mol. The van der Waals surface area contributed by atoms with E-state index in [2.05, 4.69) is 20.2 Å². The zero-order chi connectivity index (χ0) is 13.8. The van der Waals surface area contributed by atoms with Gasteiger partial charge in [-0.2, -0.15) is 0 Å². The first-order valence-corrected chi connectivity index (χ1v) is 7.78. The van der Waals surface area contributed by atoms with Gasteiger partial charge in [-0.25, -0.2) is 4.98 Å². The van der Waals surface area contributed by atoms with E-state index in [0.717, 1.165) is 26.1 Å². The van der Waals surface area contributed by atoms with E-state index in [1.807, 2.05) is 6.20 Å². The highest BCUT2D eigenvalue weighted by Crippen LogP contribution is 2.23. The van der Waals surface area contributed by atoms with Gasteiger partial charge in [0.15, 0.2) is 0 Å². The minimum atomic E-state index is 0.248. The molecule has 2 aliphatic rings. The Balaban J connectivity index is 1.39. The van der Waals surface area contributed by atoms with E-state index in [1.54, 1.807) is 6.33 Å². The Morgan fingerprint density at radius 1 is 1.45 bits per heavy atom. The highest BCUT2D eigenvalue weighted by atomic mass is 16.1. The number of likely N-dealkylation sites (tertiary alicyclic amines) is 1. The number of imidazole rings is 1. The van der Waals surface area contributed by atoms with Gasteiger partial charge in [0.25, 0.3) is 0 Å². The van der Waals surface area contributed by atoms with Crippen molar-refractivity contribution in [2.75, 3.05) is 13.1 Å². The molecule has 5 nitrogen and oxygen atoms in total. The van der Waals surface area contributed by atoms with Crippen molar-refractivity contribution >= 4 is 5.91 Å². The summed E-state index contributed by atoms with van der Waals surface area (Å²) in [6.45, 7) is 3.21. The van der Waals surface area contributed by atoms with Crippen LogP contribution in [0.25, 0.3) is 0 Å². The largest absolute Gasteiger partial charge is 0.353 e. The summed E-state index contributed by atoms with van der Waals surface area (Å²) in [5.41, 5.74) is 1.18. The molecular formula is C15H24N4O. The Hall–Kier alpha value is -1.36. The number of hydrogen-bond acceptors (Lipinski definition) is 3. The lowest BCUT2D eigenvalue weighted by Crippen LogP contribution is -2.35. The number of piperidine rings is 1. The second-order valence-electron chi connectivity index (χ2n) is 6.20. The van der Waals surface area contributed by atoms with Crippen LogP contribution in [0.15, 0.2) is 12.5 Å². The molecule has 0 spiro atoms. The number of nitrogens with zero attached hydrogens (tertiary/aromatic N) is 2. The second kappa shape index (κ2) is 6.39. The number of hydrogen-bond donors (Lipinski definition) is 2. The van der Waals surface area contributed by atoms with Gasteiger partial charge in [-0.05, 0) is 44.6 Å². The molecule has 110 valence electrons. The first-order valence-electron chi connectivity index (χ1n) is 7.78. The van der Waals surface area contributed by atoms with Crippen molar-refractivity contribution in [1.82, 2.24) is 20.2 Å². The molecule has 5 heteroatoms. The molecule has 0 aromatic carbocycles. The zero-order valence-corrected chi connectivity index (χ0v) is 12.0. The molecule has 2 fully saturated rings. The predicted molar refractivity (Wildman–Crippen MR) is 77.0 cm³/mol. The second-order valence-corrected chi connectivity index (χ2v) is 6.20. The normalized spacial score (nSPS) is 23.7. The third kappa shape index (κ3) is 4.07. The van der Waals surface area contributed by atoms with Gasteiger partial charge in [-0.15, -0.1) is 0 Å². The van der Waals surface area contributed by atoms with Gasteiger partial charge in [0.2, 0.25) is 5.91 Å². The van der Waals surface area contributed by atoms with Gasteiger partial charge in [0.1, 0.15) is 0 Å². The number of carbonyl (C=O) groups excluding carboxylic acids is 1. The van der Waals surface area contributed by atoms with E-state index in [-0.39, 0.29) is 5.91 Å². The summed E-state index contributed by atoms with van der Waals surface area (Å²) in [5.74, 6) is 0.912. The predicted octanol–water partition coefficient (Wildman–Crippen LogP) is 1.68. The summed E-state index contributed by atoms with van der Waals surface area (Å²) in [7, 11) is 0. The minimum Gasteiger partial charge on any atom is -0.353 e. The SMILES string of the molecule is O=C(CC[C@H]1CCCN(Cc2cnc[nH]2)C1)NC1CC1. The average molecular weight is 276 g/mol. The summed E-state index contributed by atoms with van der Waals surface area (Å²) < 4.78 is 0. The third-order valence-electron chi connectivity index (χ3n) is 4.27. The van der Waals surface area contributed by atoms with Gasteiger partial charge in [-0.3, -0.25) is 9.69 Å². The molecule has 2 N–H and O–H groups in total. The summed E-state index contributed by atoms with van der Waals surface area (Å²) in [6, 6.07) is 0.491. The van der Waals surface area contributed by atoms with Crippen LogP contribution >= 0.6 is 0 Å². The number of amides is 1. The number of H-pyrrole nitrogens is 1. The fourth-order valence-corrected chi connectivity index (χ4v) is 3.01. The van der Waals surface area contributed by atoms with E-state index in [0.29, 0.717) is 18.4 Å². The fourth-order valence-electron chi connectivity index (χ4n) is 3.01. The number of nitrogens with one attached hydrogen (secondary N) is 2. The number of aromatic nitrogens is 2. The number of carbonyl (C=O) groups is 1. The molecule has 1 aromatic rings. The van der Waals surface area contributed by atoms with Crippen molar-refractivity contribution in [3.8, 4) is 0 Å². The molecule has 1 aliphatic heterocycles. The fraction of sp³-hybridized carbons (Fsp3) is 0.733. The van der Waals surface area contributed by atoms with Crippen LogP contribution in [-0.4, -0.2) is 39.9 Å². The van der Waals surface area contributed by atoms with Gasteiger partial charge >= 0.3 is 0 Å². The molecule has 0 bridgehead atoms. The summed E-state index contributed by atoms with van der Waals surface area (Å²) in [4.78, 5) is 21.4. The van der Waals surface area contributed by atoms with Crippen LogP contribution in [0, 0.1) is 5.92 Å². The maximum Gasteiger partial charge on any atom is 0.220 e. The summed E-state index contributed by atoms with van der Waals surface area (Å²) in [6.07, 6.45) is 10.2. The first kappa shape index (κ1) is 13.6. The molecule has 1 aliphatic carbocycles. The van der Waals surface area contributed by atoms with Gasteiger partial charge in [0, 0.05) is 37.4 Å². The molecular weight excluding hydrogens is 252 g/mol. The Bertz CT molecular complexity index is 427. The van der Waals surface area contributed by atoms with Crippen LogP contribution in [0.5, 0.6) is 0 Å². The van der Waals surface area contributed by atoms with Gasteiger partial charge in [0.05, 0.1) is 6.33 Å². The quantitative estimate of drug-likeness (QED) is 0.831. The molecule has 0 unspecified atom stereocenters. The van der Waals surface area contributed by atoms with Crippen molar-refractivity contribution in [2.24, 2.45) is 5.92 Å². The standard InChI is InChI=1S/C15H24N4O/c20-15(18-13-4-5-13)6-3-12-2-1-7-19(9-12)10-14-8-16-11-17-14/h8,11-13H,1-7,9-10H2,(H,16,17)(H,18,20)/t12-/m1/s1. The zero-order valence-electron chi connectivity index (χ0n) is 12.0. The van der Waals surface area contributed by atoms with Crippen LogP contribution in [0.1, 0.15) is 44.2 Å². The highest BCUT2D eigenvalue weighted by molar-refractivity contribution is 5.76. The molecule has 20 heavy (non-hydrogen) atoms. The van der Waals surface area contributed by atoms with Crippen molar-refractivity contribution in [2.45, 2.75) is 51.1 Å². The van der Waals surface area contributed by atoms with Crippen molar-refractivity contribution in [3.05, 3.63) is 18.2 Å². The smallest absolute Gasteiger partial charge is 0.220 e. The molecule has 1 aromatic heterocycles. The van der Waals surface area contributed by atoms with Crippen molar-refractivity contribution in [1.29, 1.82) is 0 Å². The molecule has 1 saturated heterocycles. The van der Waals surface area contributed by atoms with E-state index in [4.69, 9.17) is 0 Å². The minimum absolute atomic E-state index is 0.248. The number of aromatic amines is 1. The van der Waals surface area contributed by atoms with Gasteiger partial charge < -0.3 is 10.3 Å². The maximum atomic E-state index is 11.7. The lowest BCUT2D eigenvalue weighted by atomic mass is 9.93. The topological polar surface area (TPSA) is 61.0 Å². The van der Waals surface area contributed by atoms with E-state index in [1.165, 1.54) is 31.4 Å². The molecule has 1 saturated carbocycles. The Labute approximate surface area is 120 Å². The highest BCUT2D eigenvalue weighted by Gasteiger charge is 2.24. The van der Waals surface area contributed by atoms with E-state index >= 15 is 0 Å². The lowest BCUT2D eigenvalue weighted by Gasteiger charge is -2.32. The molecule has 3 rings (SSSR count). The molecule has 2 heterocycles. The third-order valence-corrected chi connectivity index (χ3v) is 4.27. The Kier molecular flexibility index (Phi) is 4.35.